The van der Waals surface area contributed by atoms with Crippen molar-refractivity contribution in [3.05, 3.63) is 23.4 Å². The second-order valence-electron chi connectivity index (χ2n) is 2.11. The van der Waals surface area contributed by atoms with Crippen LogP contribution in [0.25, 0.3) is 0 Å². The molecule has 3 N–H and O–H groups in total. The highest BCUT2D eigenvalue weighted by molar-refractivity contribution is 5.81. The summed E-state index contributed by atoms with van der Waals surface area (Å²) in [6.45, 7) is 3.39. The van der Waals surface area contributed by atoms with E-state index in [0.717, 1.165) is 6.08 Å². The maximum Gasteiger partial charge on any atom is 0.328 e. The van der Waals surface area contributed by atoms with Crippen LogP contribution in [-0.4, -0.2) is 11.1 Å². The van der Waals surface area contributed by atoms with Crippen molar-refractivity contribution in [2.75, 3.05) is 0 Å². The first kappa shape index (κ1) is 8.75. The molecule has 0 aliphatic carbocycles. The Morgan fingerprint density at radius 1 is 1.40 bits per heavy atom. The molecule has 0 aliphatic heterocycles. The lowest BCUT2D eigenvalue weighted by molar-refractivity contribution is -0.131. The van der Waals surface area contributed by atoms with Gasteiger partial charge in [-0.15, -0.1) is 0 Å². The Bertz CT molecular complexity index is 188. The summed E-state index contributed by atoms with van der Waals surface area (Å²) in [6, 6.07) is 0. The van der Waals surface area contributed by atoms with Crippen LogP contribution in [0, 0.1) is 0 Å². The van der Waals surface area contributed by atoms with E-state index in [2.05, 4.69) is 0 Å². The molecule has 0 spiro atoms. The fourth-order valence-corrected chi connectivity index (χ4v) is 0.596. The smallest absolute Gasteiger partial charge is 0.328 e. The Balaban J connectivity index is 4.22. The van der Waals surface area contributed by atoms with Gasteiger partial charge in [0.15, 0.2) is 0 Å². The summed E-state index contributed by atoms with van der Waals surface area (Å²) in [4.78, 5) is 10.0. The molecule has 3 nitrogen and oxygen atoms in total. The Morgan fingerprint density at radius 2 is 1.90 bits per heavy atom. The molecule has 3 heteroatoms. The molecule has 0 aromatic carbocycles. The van der Waals surface area contributed by atoms with Crippen LogP contribution in [0.5, 0.6) is 0 Å². The van der Waals surface area contributed by atoms with Crippen LogP contribution in [-0.2, 0) is 4.79 Å². The van der Waals surface area contributed by atoms with Crippen molar-refractivity contribution in [1.29, 1.82) is 0 Å². The third kappa shape index (κ3) is 4.90. The van der Waals surface area contributed by atoms with Crippen LogP contribution in [0.4, 0.5) is 0 Å². The lowest BCUT2D eigenvalue weighted by atomic mass is 10.2. The molecular formula is C7H11NO2. The van der Waals surface area contributed by atoms with E-state index in [1.54, 1.807) is 19.9 Å². The van der Waals surface area contributed by atoms with Crippen molar-refractivity contribution < 1.29 is 9.90 Å². The van der Waals surface area contributed by atoms with Crippen molar-refractivity contribution in [3.63, 3.8) is 0 Å². The molecule has 0 rings (SSSR count). The summed E-state index contributed by atoms with van der Waals surface area (Å²) in [7, 11) is 0. The van der Waals surface area contributed by atoms with Crippen LogP contribution in [0.1, 0.15) is 13.8 Å². The molecule has 0 unspecified atom stereocenters. The largest absolute Gasteiger partial charge is 0.478 e. The second kappa shape index (κ2) is 3.71. The minimum absolute atomic E-state index is 0.606. The summed E-state index contributed by atoms with van der Waals surface area (Å²) >= 11 is 0. The molecule has 0 saturated heterocycles. The van der Waals surface area contributed by atoms with E-state index in [1.807, 2.05) is 0 Å². The van der Waals surface area contributed by atoms with E-state index in [0.29, 0.717) is 11.3 Å². The first-order valence-corrected chi connectivity index (χ1v) is 2.87. The fourth-order valence-electron chi connectivity index (χ4n) is 0.596. The van der Waals surface area contributed by atoms with Gasteiger partial charge in [0.05, 0.1) is 0 Å². The molecule has 0 aromatic rings. The van der Waals surface area contributed by atoms with Crippen LogP contribution >= 0.6 is 0 Å². The number of aliphatic carboxylic acids is 1. The van der Waals surface area contributed by atoms with Crippen molar-refractivity contribution >= 4 is 5.97 Å². The highest BCUT2D eigenvalue weighted by Crippen LogP contribution is 1.95. The summed E-state index contributed by atoms with van der Waals surface area (Å²) in [6.07, 6.45) is 2.71. The zero-order chi connectivity index (χ0) is 8.15. The molecule has 10 heavy (non-hydrogen) atoms. The van der Waals surface area contributed by atoms with Crippen LogP contribution in [0.15, 0.2) is 23.4 Å². The SMILES string of the molecule is C/C(N)=C/C(C)=C/C(=O)O. The first-order chi connectivity index (χ1) is 4.52. The minimum atomic E-state index is -0.949. The van der Waals surface area contributed by atoms with Gasteiger partial charge in [-0.1, -0.05) is 0 Å². The maximum absolute atomic E-state index is 10.0. The number of carboxylic acid groups (broad SMARTS) is 1. The van der Waals surface area contributed by atoms with Crippen LogP contribution in [0.2, 0.25) is 0 Å². The number of allylic oxidation sites excluding steroid dienone is 3. The molecular weight excluding hydrogens is 130 g/mol. The molecule has 0 amide bonds. The van der Waals surface area contributed by atoms with Crippen molar-refractivity contribution in [3.8, 4) is 0 Å². The quantitative estimate of drug-likeness (QED) is 0.443. The van der Waals surface area contributed by atoms with Crippen molar-refractivity contribution in [2.45, 2.75) is 13.8 Å². The normalized spacial score (nSPS) is 13.4. The number of hydrogen-bond acceptors (Lipinski definition) is 2. The van der Waals surface area contributed by atoms with Gasteiger partial charge in [0, 0.05) is 11.8 Å². The summed E-state index contributed by atoms with van der Waals surface area (Å²) in [5, 5.41) is 8.25. The number of carboxylic acids is 1. The van der Waals surface area contributed by atoms with E-state index in [1.165, 1.54) is 0 Å². The van der Waals surface area contributed by atoms with E-state index >= 15 is 0 Å². The number of carbonyl (C=O) groups is 1. The van der Waals surface area contributed by atoms with Crippen LogP contribution < -0.4 is 5.73 Å². The van der Waals surface area contributed by atoms with Gasteiger partial charge in [0.1, 0.15) is 0 Å². The highest BCUT2D eigenvalue weighted by atomic mass is 16.4. The molecule has 0 saturated carbocycles. The van der Waals surface area contributed by atoms with Gasteiger partial charge in [-0.3, -0.25) is 0 Å². The van der Waals surface area contributed by atoms with E-state index in [4.69, 9.17) is 10.8 Å². The molecule has 0 aliphatic rings. The summed E-state index contributed by atoms with van der Waals surface area (Å²) in [5.74, 6) is -0.949. The van der Waals surface area contributed by atoms with E-state index in [-0.39, 0.29) is 0 Å². The Kier molecular flexibility index (Phi) is 3.25. The number of rotatable bonds is 2. The predicted molar refractivity (Wildman–Crippen MR) is 39.3 cm³/mol. The molecule has 0 atom stereocenters. The minimum Gasteiger partial charge on any atom is -0.478 e. The highest BCUT2D eigenvalue weighted by Gasteiger charge is 1.89. The Labute approximate surface area is 59.8 Å². The average Bonchev–Trinajstić information content (AvgIpc) is 1.58. The zero-order valence-corrected chi connectivity index (χ0v) is 6.09. The predicted octanol–water partition coefficient (Wildman–Crippen LogP) is 0.880. The summed E-state index contributed by atoms with van der Waals surface area (Å²) in [5.41, 5.74) is 6.55. The monoisotopic (exact) mass is 141 g/mol. The molecule has 0 radical (unpaired) electrons. The number of nitrogens with two attached hydrogens (primary N) is 1. The van der Waals surface area contributed by atoms with Gasteiger partial charge in [-0.25, -0.2) is 4.79 Å². The Morgan fingerprint density at radius 3 is 2.20 bits per heavy atom. The van der Waals surface area contributed by atoms with Gasteiger partial charge in [0.25, 0.3) is 0 Å². The van der Waals surface area contributed by atoms with E-state index in [9.17, 15) is 4.79 Å². The number of hydrogen-bond donors (Lipinski definition) is 2. The topological polar surface area (TPSA) is 63.3 Å². The van der Waals surface area contributed by atoms with Gasteiger partial charge < -0.3 is 10.8 Å². The summed E-state index contributed by atoms with van der Waals surface area (Å²) < 4.78 is 0. The van der Waals surface area contributed by atoms with Gasteiger partial charge in [0.2, 0.25) is 0 Å². The van der Waals surface area contributed by atoms with Gasteiger partial charge in [-0.05, 0) is 25.5 Å². The average molecular weight is 141 g/mol. The second-order valence-corrected chi connectivity index (χ2v) is 2.11. The molecule has 0 aromatic heterocycles. The lowest BCUT2D eigenvalue weighted by Crippen LogP contribution is -1.92. The van der Waals surface area contributed by atoms with Gasteiger partial charge in [-0.2, -0.15) is 0 Å². The molecule has 0 fully saturated rings. The third-order valence-corrected chi connectivity index (χ3v) is 0.806. The molecule has 0 heterocycles. The zero-order valence-electron chi connectivity index (χ0n) is 6.09. The maximum atomic E-state index is 10.0. The first-order valence-electron chi connectivity index (χ1n) is 2.87. The fraction of sp³-hybridized carbons (Fsp3) is 0.286. The van der Waals surface area contributed by atoms with Crippen molar-refractivity contribution in [2.24, 2.45) is 5.73 Å². The van der Waals surface area contributed by atoms with Gasteiger partial charge >= 0.3 is 5.97 Å². The van der Waals surface area contributed by atoms with E-state index < -0.39 is 5.97 Å². The Hall–Kier alpha value is -1.25. The lowest BCUT2D eigenvalue weighted by Gasteiger charge is -1.90. The van der Waals surface area contributed by atoms with Crippen LogP contribution in [0.3, 0.4) is 0 Å². The third-order valence-electron chi connectivity index (χ3n) is 0.806. The molecule has 0 bridgehead atoms. The standard InChI is InChI=1S/C7H11NO2/c1-5(3-6(2)8)4-7(9)10/h3-4H,8H2,1-2H3,(H,9,10)/b5-4+,6-3-. The van der Waals surface area contributed by atoms with Crippen molar-refractivity contribution in [1.82, 2.24) is 0 Å². The molecule has 56 valence electrons.